The molecule has 0 saturated carbocycles. The van der Waals surface area contributed by atoms with Crippen molar-refractivity contribution in [2.45, 2.75) is 40.0 Å². The Morgan fingerprint density at radius 3 is 2.70 bits per heavy atom. The Balaban J connectivity index is 2.07. The van der Waals surface area contributed by atoms with Gasteiger partial charge in [0.05, 0.1) is 11.2 Å². The highest BCUT2D eigenvalue weighted by Gasteiger charge is 2.21. The monoisotopic (exact) mass is 273 g/mol. The van der Waals surface area contributed by atoms with Crippen molar-refractivity contribution in [2.24, 2.45) is 12.5 Å². The fourth-order valence-corrected chi connectivity index (χ4v) is 2.69. The zero-order valence-electron chi connectivity index (χ0n) is 13.2. The maximum atomic E-state index is 4.72. The van der Waals surface area contributed by atoms with Gasteiger partial charge in [0.25, 0.3) is 0 Å². The molecule has 0 aliphatic rings. The van der Waals surface area contributed by atoms with Gasteiger partial charge in [-0.1, -0.05) is 39.0 Å². The zero-order valence-corrected chi connectivity index (χ0v) is 13.2. The molecule has 3 nitrogen and oxygen atoms in total. The minimum absolute atomic E-state index is 0.276. The first-order chi connectivity index (χ1) is 9.53. The van der Waals surface area contributed by atoms with Gasteiger partial charge in [0.1, 0.15) is 0 Å². The molecule has 0 aliphatic carbocycles. The molecule has 0 amide bonds. The fourth-order valence-electron chi connectivity index (χ4n) is 2.69. The summed E-state index contributed by atoms with van der Waals surface area (Å²) in [6.45, 7) is 9.08. The number of aryl methyl sites for hydroxylation is 1. The van der Waals surface area contributed by atoms with Crippen molar-refractivity contribution in [3.8, 4) is 0 Å². The van der Waals surface area contributed by atoms with Crippen LogP contribution in [0.1, 0.15) is 39.3 Å². The van der Waals surface area contributed by atoms with Gasteiger partial charge in [0.15, 0.2) is 0 Å². The van der Waals surface area contributed by atoms with Crippen LogP contribution in [0.15, 0.2) is 24.3 Å². The molecule has 0 saturated heterocycles. The van der Waals surface area contributed by atoms with Crippen molar-refractivity contribution in [3.63, 3.8) is 0 Å². The molecule has 1 aromatic heterocycles. The van der Waals surface area contributed by atoms with Gasteiger partial charge in [0, 0.05) is 12.4 Å². The molecule has 0 atom stereocenters. The average molecular weight is 273 g/mol. The highest BCUT2D eigenvalue weighted by Crippen LogP contribution is 2.28. The van der Waals surface area contributed by atoms with E-state index in [1.807, 2.05) is 11.7 Å². The number of nitrogens with zero attached hydrogens (tertiary/aromatic N) is 2. The number of hydrogen-bond acceptors (Lipinski definition) is 2. The standard InChI is InChI=1S/C17H27N3/c1-5-11-18-12-10-17(2,3)13-15-14-8-6-7-9-16(14)20(4)19-15/h6-9,18H,5,10-13H2,1-4H3. The van der Waals surface area contributed by atoms with Gasteiger partial charge in [-0.3, -0.25) is 4.68 Å². The lowest BCUT2D eigenvalue weighted by Gasteiger charge is -2.24. The van der Waals surface area contributed by atoms with Gasteiger partial charge in [-0.25, -0.2) is 0 Å². The largest absolute Gasteiger partial charge is 0.317 e. The van der Waals surface area contributed by atoms with Crippen LogP contribution in [0.2, 0.25) is 0 Å². The van der Waals surface area contributed by atoms with Crippen LogP contribution in [0.4, 0.5) is 0 Å². The first-order valence-corrected chi connectivity index (χ1v) is 7.65. The van der Waals surface area contributed by atoms with Crippen LogP contribution in [-0.2, 0) is 13.5 Å². The van der Waals surface area contributed by atoms with Gasteiger partial charge in [-0.05, 0) is 43.8 Å². The molecular weight excluding hydrogens is 246 g/mol. The number of para-hydroxylation sites is 1. The van der Waals surface area contributed by atoms with Gasteiger partial charge in [-0.15, -0.1) is 0 Å². The van der Waals surface area contributed by atoms with Gasteiger partial charge in [-0.2, -0.15) is 5.10 Å². The van der Waals surface area contributed by atoms with Crippen molar-refractivity contribution in [1.29, 1.82) is 0 Å². The van der Waals surface area contributed by atoms with Crippen LogP contribution in [0.3, 0.4) is 0 Å². The summed E-state index contributed by atoms with van der Waals surface area (Å²) in [5.41, 5.74) is 2.73. The van der Waals surface area contributed by atoms with Crippen LogP contribution in [0.5, 0.6) is 0 Å². The van der Waals surface area contributed by atoms with Crippen molar-refractivity contribution < 1.29 is 0 Å². The molecule has 1 aromatic carbocycles. The molecule has 3 heteroatoms. The maximum absolute atomic E-state index is 4.72. The Morgan fingerprint density at radius 2 is 1.95 bits per heavy atom. The molecule has 1 N–H and O–H groups in total. The summed E-state index contributed by atoms with van der Waals surface area (Å²) < 4.78 is 2.00. The summed E-state index contributed by atoms with van der Waals surface area (Å²) in [7, 11) is 2.03. The van der Waals surface area contributed by atoms with Crippen molar-refractivity contribution in [2.75, 3.05) is 13.1 Å². The molecule has 0 bridgehead atoms. The lowest BCUT2D eigenvalue weighted by atomic mass is 9.83. The van der Waals surface area contributed by atoms with Crippen LogP contribution < -0.4 is 5.32 Å². The third kappa shape index (κ3) is 3.60. The van der Waals surface area contributed by atoms with Crippen molar-refractivity contribution in [3.05, 3.63) is 30.0 Å². The van der Waals surface area contributed by atoms with E-state index in [1.54, 1.807) is 0 Å². The number of rotatable bonds is 7. The summed E-state index contributed by atoms with van der Waals surface area (Å²) in [6.07, 6.45) is 3.41. The highest BCUT2D eigenvalue weighted by atomic mass is 15.3. The van der Waals surface area contributed by atoms with E-state index in [4.69, 9.17) is 5.10 Å². The predicted molar refractivity (Wildman–Crippen MR) is 86.0 cm³/mol. The molecule has 0 aliphatic heterocycles. The number of fused-ring (bicyclic) bond motifs is 1. The third-order valence-corrected chi connectivity index (χ3v) is 3.89. The molecular formula is C17H27N3. The summed E-state index contributed by atoms with van der Waals surface area (Å²) in [4.78, 5) is 0. The van der Waals surface area contributed by atoms with E-state index in [1.165, 1.54) is 29.4 Å². The molecule has 110 valence electrons. The van der Waals surface area contributed by atoms with E-state index in [0.29, 0.717) is 0 Å². The summed E-state index contributed by atoms with van der Waals surface area (Å²) in [6, 6.07) is 8.50. The summed E-state index contributed by atoms with van der Waals surface area (Å²) in [5.74, 6) is 0. The second kappa shape index (κ2) is 6.40. The molecule has 0 fully saturated rings. The average Bonchev–Trinajstić information content (AvgIpc) is 2.72. The fraction of sp³-hybridized carbons (Fsp3) is 0.588. The second-order valence-corrected chi connectivity index (χ2v) is 6.43. The van der Waals surface area contributed by atoms with Crippen LogP contribution >= 0.6 is 0 Å². The van der Waals surface area contributed by atoms with Gasteiger partial charge < -0.3 is 5.32 Å². The highest BCUT2D eigenvalue weighted by molar-refractivity contribution is 5.81. The van der Waals surface area contributed by atoms with Crippen molar-refractivity contribution in [1.82, 2.24) is 15.1 Å². The Hall–Kier alpha value is -1.35. The van der Waals surface area contributed by atoms with E-state index in [2.05, 4.69) is 50.4 Å². The lowest BCUT2D eigenvalue weighted by molar-refractivity contribution is 0.322. The molecule has 20 heavy (non-hydrogen) atoms. The number of nitrogens with one attached hydrogen (secondary N) is 1. The Morgan fingerprint density at radius 1 is 1.20 bits per heavy atom. The number of benzene rings is 1. The first kappa shape index (κ1) is 15.0. The maximum Gasteiger partial charge on any atom is 0.0708 e. The van der Waals surface area contributed by atoms with Crippen LogP contribution in [0, 0.1) is 5.41 Å². The Kier molecular flexibility index (Phi) is 4.81. The number of aromatic nitrogens is 2. The first-order valence-electron chi connectivity index (χ1n) is 7.65. The molecule has 0 radical (unpaired) electrons. The van der Waals surface area contributed by atoms with Gasteiger partial charge in [0.2, 0.25) is 0 Å². The lowest BCUT2D eigenvalue weighted by Crippen LogP contribution is -2.24. The van der Waals surface area contributed by atoms with Crippen molar-refractivity contribution >= 4 is 10.9 Å². The normalized spacial score (nSPS) is 12.2. The summed E-state index contributed by atoms with van der Waals surface area (Å²) in [5, 5.41) is 9.51. The minimum Gasteiger partial charge on any atom is -0.317 e. The van der Waals surface area contributed by atoms with E-state index >= 15 is 0 Å². The molecule has 2 aromatic rings. The van der Waals surface area contributed by atoms with Crippen LogP contribution in [0.25, 0.3) is 10.9 Å². The van der Waals surface area contributed by atoms with E-state index < -0.39 is 0 Å². The van der Waals surface area contributed by atoms with Gasteiger partial charge >= 0.3 is 0 Å². The SMILES string of the molecule is CCCNCCC(C)(C)Cc1nn(C)c2ccccc12. The second-order valence-electron chi connectivity index (χ2n) is 6.43. The van der Waals surface area contributed by atoms with E-state index in [-0.39, 0.29) is 5.41 Å². The molecule has 2 rings (SSSR count). The Labute approximate surface area is 122 Å². The molecule has 1 heterocycles. The van der Waals surface area contributed by atoms with Crippen LogP contribution in [-0.4, -0.2) is 22.9 Å². The number of hydrogen-bond donors (Lipinski definition) is 1. The minimum atomic E-state index is 0.276. The zero-order chi connectivity index (χ0) is 14.6. The molecule has 0 spiro atoms. The Bertz CT molecular complexity index is 554. The topological polar surface area (TPSA) is 29.9 Å². The molecule has 0 unspecified atom stereocenters. The van der Waals surface area contributed by atoms with E-state index in [9.17, 15) is 0 Å². The quantitative estimate of drug-likeness (QED) is 0.782. The smallest absolute Gasteiger partial charge is 0.0708 e. The predicted octanol–water partition coefficient (Wildman–Crippen LogP) is 3.53. The third-order valence-electron chi connectivity index (χ3n) is 3.89. The van der Waals surface area contributed by atoms with E-state index in [0.717, 1.165) is 19.5 Å². The summed E-state index contributed by atoms with van der Waals surface area (Å²) >= 11 is 0.